The average Bonchev–Trinajstić information content (AvgIpc) is 3.20. The second kappa shape index (κ2) is 7.28. The summed E-state index contributed by atoms with van der Waals surface area (Å²) in [6.45, 7) is 1.86. The number of aryl methyl sites for hydroxylation is 1. The summed E-state index contributed by atoms with van der Waals surface area (Å²) in [6, 6.07) is 13.4. The zero-order chi connectivity index (χ0) is 19.0. The van der Waals surface area contributed by atoms with Gasteiger partial charge < -0.3 is 4.74 Å². The standard InChI is InChI=1S/C19H15IN4O2S/c1-11-15(18(25)24(23-11)13-5-3-12(20)4-6-13)10-21-19-22-16-8-7-14(26-2)9-17(16)27-19/h3-10,23H,1-2H3/b21-10+. The molecule has 1 N–H and O–H groups in total. The minimum atomic E-state index is -0.139. The van der Waals surface area contributed by atoms with Crippen molar-refractivity contribution in [3.05, 3.63) is 67.6 Å². The summed E-state index contributed by atoms with van der Waals surface area (Å²) in [5.41, 5.74) is 2.78. The molecule has 0 atom stereocenters. The lowest BCUT2D eigenvalue weighted by molar-refractivity contribution is 0.415. The summed E-state index contributed by atoms with van der Waals surface area (Å²) in [7, 11) is 1.63. The molecule has 0 unspecified atom stereocenters. The molecule has 0 aliphatic rings. The summed E-state index contributed by atoms with van der Waals surface area (Å²) in [5, 5.41) is 3.70. The van der Waals surface area contributed by atoms with Crippen LogP contribution in [0, 0.1) is 10.5 Å². The number of nitrogens with one attached hydrogen (secondary N) is 1. The Balaban J connectivity index is 1.68. The Hall–Kier alpha value is -2.46. The third-order valence-electron chi connectivity index (χ3n) is 4.09. The number of hydrogen-bond acceptors (Lipinski definition) is 5. The maximum absolute atomic E-state index is 12.8. The highest BCUT2D eigenvalue weighted by atomic mass is 127. The predicted molar refractivity (Wildman–Crippen MR) is 117 cm³/mol. The number of ether oxygens (including phenoxy) is 1. The molecule has 27 heavy (non-hydrogen) atoms. The van der Waals surface area contributed by atoms with Gasteiger partial charge in [0, 0.05) is 15.5 Å². The Labute approximate surface area is 172 Å². The largest absolute Gasteiger partial charge is 0.497 e. The number of aromatic nitrogens is 3. The van der Waals surface area contributed by atoms with E-state index in [0.717, 1.165) is 30.9 Å². The van der Waals surface area contributed by atoms with Crippen molar-refractivity contribution in [2.24, 2.45) is 4.99 Å². The lowest BCUT2D eigenvalue weighted by Crippen LogP contribution is -2.17. The third kappa shape index (κ3) is 3.54. The molecule has 2 aromatic heterocycles. The van der Waals surface area contributed by atoms with Crippen molar-refractivity contribution < 1.29 is 4.74 Å². The molecule has 0 radical (unpaired) electrons. The van der Waals surface area contributed by atoms with Gasteiger partial charge in [-0.3, -0.25) is 9.89 Å². The lowest BCUT2D eigenvalue weighted by atomic mass is 10.3. The van der Waals surface area contributed by atoms with Gasteiger partial charge in [0.05, 0.1) is 28.6 Å². The van der Waals surface area contributed by atoms with Crippen molar-refractivity contribution in [3.63, 3.8) is 0 Å². The number of thiazole rings is 1. The normalized spacial score (nSPS) is 11.5. The van der Waals surface area contributed by atoms with E-state index in [1.165, 1.54) is 16.0 Å². The van der Waals surface area contributed by atoms with Crippen molar-refractivity contribution in [2.45, 2.75) is 6.92 Å². The predicted octanol–water partition coefficient (Wildman–Crippen LogP) is 4.45. The van der Waals surface area contributed by atoms with E-state index in [0.29, 0.717) is 10.7 Å². The molecule has 0 spiro atoms. The summed E-state index contributed by atoms with van der Waals surface area (Å²) >= 11 is 3.69. The molecule has 0 saturated heterocycles. The fraction of sp³-hybridized carbons (Fsp3) is 0.105. The van der Waals surface area contributed by atoms with E-state index in [1.54, 1.807) is 13.3 Å². The second-order valence-corrected chi connectivity index (χ2v) is 8.11. The van der Waals surface area contributed by atoms with E-state index in [2.05, 4.69) is 37.7 Å². The van der Waals surface area contributed by atoms with Crippen LogP contribution in [0.4, 0.5) is 5.13 Å². The summed E-state index contributed by atoms with van der Waals surface area (Å²) in [5.74, 6) is 0.781. The third-order valence-corrected chi connectivity index (χ3v) is 5.74. The number of hydrogen-bond donors (Lipinski definition) is 1. The van der Waals surface area contributed by atoms with Crippen LogP contribution in [0.1, 0.15) is 11.3 Å². The number of aliphatic imine (C=N–C) groups is 1. The highest BCUT2D eigenvalue weighted by Gasteiger charge is 2.11. The number of nitrogens with zero attached hydrogens (tertiary/aromatic N) is 3. The van der Waals surface area contributed by atoms with Crippen molar-refractivity contribution in [1.29, 1.82) is 0 Å². The number of rotatable bonds is 4. The van der Waals surface area contributed by atoms with Crippen LogP contribution in [0.15, 0.2) is 52.3 Å². The van der Waals surface area contributed by atoms with Crippen LogP contribution in [0.2, 0.25) is 0 Å². The van der Waals surface area contributed by atoms with Crippen LogP contribution >= 0.6 is 33.9 Å². The molecule has 0 aliphatic heterocycles. The molecule has 0 aliphatic carbocycles. The highest BCUT2D eigenvalue weighted by molar-refractivity contribution is 14.1. The maximum Gasteiger partial charge on any atom is 0.280 e. The molecule has 0 bridgehead atoms. The topological polar surface area (TPSA) is 72.3 Å². The van der Waals surface area contributed by atoms with E-state index in [1.807, 2.05) is 49.4 Å². The Morgan fingerprint density at radius 1 is 1.26 bits per heavy atom. The van der Waals surface area contributed by atoms with E-state index in [9.17, 15) is 4.79 Å². The molecule has 2 heterocycles. The summed E-state index contributed by atoms with van der Waals surface area (Å²) in [4.78, 5) is 21.7. The molecule has 4 rings (SSSR count). The monoisotopic (exact) mass is 490 g/mol. The molecule has 0 fully saturated rings. The molecule has 2 aromatic carbocycles. The van der Waals surface area contributed by atoms with Crippen molar-refractivity contribution in [3.8, 4) is 11.4 Å². The van der Waals surface area contributed by atoms with Gasteiger partial charge in [0.25, 0.3) is 5.56 Å². The first kappa shape index (κ1) is 17.9. The van der Waals surface area contributed by atoms with Crippen LogP contribution in [0.25, 0.3) is 15.9 Å². The Bertz CT molecular complexity index is 1200. The van der Waals surface area contributed by atoms with E-state index < -0.39 is 0 Å². The van der Waals surface area contributed by atoms with Gasteiger partial charge in [0.15, 0.2) is 0 Å². The number of benzene rings is 2. The van der Waals surface area contributed by atoms with Gasteiger partial charge in [-0.2, -0.15) is 0 Å². The van der Waals surface area contributed by atoms with Crippen LogP contribution in [-0.2, 0) is 0 Å². The van der Waals surface area contributed by atoms with Crippen LogP contribution in [-0.4, -0.2) is 28.1 Å². The Kier molecular flexibility index (Phi) is 4.83. The SMILES string of the molecule is COc1ccc2nc(/N=C/c3c(C)[nH]n(-c4ccc(I)cc4)c3=O)sc2c1. The van der Waals surface area contributed by atoms with Gasteiger partial charge in [-0.25, -0.2) is 14.7 Å². The summed E-state index contributed by atoms with van der Waals surface area (Å²) in [6.07, 6.45) is 1.58. The van der Waals surface area contributed by atoms with Gasteiger partial charge >= 0.3 is 0 Å². The highest BCUT2D eigenvalue weighted by Crippen LogP contribution is 2.30. The summed E-state index contributed by atoms with van der Waals surface area (Å²) < 4.78 is 8.86. The number of methoxy groups -OCH3 is 1. The molecule has 8 heteroatoms. The molecule has 0 saturated carbocycles. The lowest BCUT2D eigenvalue weighted by Gasteiger charge is -2.00. The van der Waals surface area contributed by atoms with Crippen LogP contribution in [0.5, 0.6) is 5.75 Å². The van der Waals surface area contributed by atoms with Crippen molar-refractivity contribution in [2.75, 3.05) is 7.11 Å². The van der Waals surface area contributed by atoms with Gasteiger partial charge in [0.1, 0.15) is 5.75 Å². The van der Waals surface area contributed by atoms with Crippen LogP contribution < -0.4 is 10.3 Å². The van der Waals surface area contributed by atoms with Gasteiger partial charge in [-0.15, -0.1) is 0 Å². The van der Waals surface area contributed by atoms with E-state index in [4.69, 9.17) is 4.74 Å². The minimum Gasteiger partial charge on any atom is -0.497 e. The molecule has 4 aromatic rings. The van der Waals surface area contributed by atoms with E-state index >= 15 is 0 Å². The molecule has 6 nitrogen and oxygen atoms in total. The number of H-pyrrole nitrogens is 1. The molecule has 0 amide bonds. The maximum atomic E-state index is 12.8. The average molecular weight is 490 g/mol. The minimum absolute atomic E-state index is 0.139. The van der Waals surface area contributed by atoms with Crippen molar-refractivity contribution in [1.82, 2.24) is 14.8 Å². The second-order valence-electron chi connectivity index (χ2n) is 5.86. The Morgan fingerprint density at radius 2 is 2.04 bits per heavy atom. The van der Waals surface area contributed by atoms with Gasteiger partial charge in [0.2, 0.25) is 5.13 Å². The smallest absolute Gasteiger partial charge is 0.280 e. The van der Waals surface area contributed by atoms with Gasteiger partial charge in [-0.05, 0) is 72.0 Å². The molecular formula is C19H15IN4O2S. The van der Waals surface area contributed by atoms with Crippen molar-refractivity contribution >= 4 is 55.5 Å². The zero-order valence-electron chi connectivity index (χ0n) is 14.6. The number of fused-ring (bicyclic) bond motifs is 1. The van der Waals surface area contributed by atoms with Crippen LogP contribution in [0.3, 0.4) is 0 Å². The number of halogens is 1. The first-order chi connectivity index (χ1) is 13.0. The first-order valence-electron chi connectivity index (χ1n) is 8.11. The zero-order valence-corrected chi connectivity index (χ0v) is 17.5. The fourth-order valence-electron chi connectivity index (χ4n) is 2.68. The number of aromatic amines is 1. The molecular weight excluding hydrogens is 475 g/mol. The Morgan fingerprint density at radius 3 is 2.78 bits per heavy atom. The quantitative estimate of drug-likeness (QED) is 0.340. The van der Waals surface area contributed by atoms with E-state index in [-0.39, 0.29) is 5.56 Å². The molecule has 136 valence electrons. The fourth-order valence-corrected chi connectivity index (χ4v) is 3.88. The van der Waals surface area contributed by atoms with Gasteiger partial charge in [-0.1, -0.05) is 11.3 Å². The first-order valence-corrected chi connectivity index (χ1v) is 10.0.